The number of fused-ring (bicyclic) bond motifs is 1. The molecule has 2 atom stereocenters. The van der Waals surface area contributed by atoms with Crippen LogP contribution in [0.4, 0.5) is 10.5 Å². The summed E-state index contributed by atoms with van der Waals surface area (Å²) in [6.07, 6.45) is 3.30. The Morgan fingerprint density at radius 3 is 2.87 bits per heavy atom. The number of carbonyl (C=O) groups is 2. The first-order valence-corrected chi connectivity index (χ1v) is 11.8. The molecular weight excluding hydrogens is 396 g/mol. The van der Waals surface area contributed by atoms with E-state index in [1.807, 2.05) is 35.6 Å². The molecule has 5 rings (SSSR count). The topological polar surface area (TPSA) is 55.9 Å². The van der Waals surface area contributed by atoms with E-state index >= 15 is 0 Å². The summed E-state index contributed by atoms with van der Waals surface area (Å²) in [5, 5.41) is 4.97. The lowest BCUT2D eigenvalue weighted by molar-refractivity contribution is 0.0186. The van der Waals surface area contributed by atoms with Gasteiger partial charge in [0.2, 0.25) is 0 Å². The first kappa shape index (κ1) is 19.6. The molecule has 3 amide bonds. The van der Waals surface area contributed by atoms with Crippen LogP contribution >= 0.6 is 11.3 Å². The van der Waals surface area contributed by atoms with Crippen molar-refractivity contribution in [2.45, 2.75) is 31.8 Å². The van der Waals surface area contributed by atoms with Crippen LogP contribution in [0.2, 0.25) is 0 Å². The van der Waals surface area contributed by atoms with E-state index in [2.05, 4.69) is 32.6 Å². The monoisotopic (exact) mass is 424 g/mol. The van der Waals surface area contributed by atoms with Crippen LogP contribution in [0.5, 0.6) is 0 Å². The molecular formula is C23H28N4O2S. The highest BCUT2D eigenvalue weighted by molar-refractivity contribution is 7.09. The maximum absolute atomic E-state index is 13.4. The van der Waals surface area contributed by atoms with Gasteiger partial charge in [-0.25, -0.2) is 4.79 Å². The number of urea groups is 1. The van der Waals surface area contributed by atoms with Gasteiger partial charge in [0.1, 0.15) is 0 Å². The molecule has 158 valence electrons. The number of rotatable bonds is 4. The van der Waals surface area contributed by atoms with E-state index in [0.29, 0.717) is 30.6 Å². The molecule has 1 N–H and O–H groups in total. The summed E-state index contributed by atoms with van der Waals surface area (Å²) in [4.78, 5) is 33.2. The zero-order valence-corrected chi connectivity index (χ0v) is 17.9. The van der Waals surface area contributed by atoms with Gasteiger partial charge in [0.25, 0.3) is 5.91 Å². The van der Waals surface area contributed by atoms with E-state index in [4.69, 9.17) is 0 Å². The van der Waals surface area contributed by atoms with Crippen LogP contribution in [-0.2, 0) is 6.54 Å². The van der Waals surface area contributed by atoms with Gasteiger partial charge in [0.15, 0.2) is 0 Å². The highest BCUT2D eigenvalue weighted by Crippen LogP contribution is 2.33. The van der Waals surface area contributed by atoms with E-state index in [9.17, 15) is 9.59 Å². The molecule has 3 aliphatic rings. The van der Waals surface area contributed by atoms with Crippen LogP contribution in [0.25, 0.3) is 0 Å². The van der Waals surface area contributed by atoms with Crippen molar-refractivity contribution in [2.24, 2.45) is 5.92 Å². The van der Waals surface area contributed by atoms with Gasteiger partial charge in [-0.2, -0.15) is 0 Å². The van der Waals surface area contributed by atoms with Crippen molar-refractivity contribution in [3.05, 3.63) is 52.2 Å². The average molecular weight is 425 g/mol. The number of nitrogens with zero attached hydrogens (tertiary/aromatic N) is 3. The fourth-order valence-corrected chi connectivity index (χ4v) is 5.93. The van der Waals surface area contributed by atoms with Crippen LogP contribution in [0.3, 0.4) is 0 Å². The minimum absolute atomic E-state index is 0.0873. The Kier molecular flexibility index (Phi) is 5.48. The Morgan fingerprint density at radius 1 is 1.13 bits per heavy atom. The van der Waals surface area contributed by atoms with E-state index < -0.39 is 0 Å². The zero-order valence-electron chi connectivity index (χ0n) is 17.1. The number of amides is 3. The fraction of sp³-hybridized carbons (Fsp3) is 0.478. The third kappa shape index (κ3) is 3.84. The van der Waals surface area contributed by atoms with Gasteiger partial charge in [-0.3, -0.25) is 14.6 Å². The Labute approximate surface area is 181 Å². The first-order chi connectivity index (χ1) is 14.7. The summed E-state index contributed by atoms with van der Waals surface area (Å²) in [5.41, 5.74) is 1.49. The molecule has 30 heavy (non-hydrogen) atoms. The van der Waals surface area contributed by atoms with Gasteiger partial charge in [-0.1, -0.05) is 12.1 Å². The van der Waals surface area contributed by atoms with Crippen LogP contribution in [0.1, 0.15) is 34.5 Å². The molecule has 2 aromatic rings. The molecule has 6 nitrogen and oxygen atoms in total. The Morgan fingerprint density at radius 2 is 2.07 bits per heavy atom. The van der Waals surface area contributed by atoms with Gasteiger partial charge < -0.3 is 10.2 Å². The number of anilines is 1. The Bertz CT molecular complexity index is 916. The lowest BCUT2D eigenvalue weighted by atomic mass is 9.83. The molecule has 3 fully saturated rings. The Balaban J connectivity index is 1.29. The van der Waals surface area contributed by atoms with Gasteiger partial charge in [-0.05, 0) is 54.8 Å². The van der Waals surface area contributed by atoms with Gasteiger partial charge in [0, 0.05) is 61.4 Å². The molecule has 0 bridgehead atoms. The van der Waals surface area contributed by atoms with Crippen LogP contribution in [0.15, 0.2) is 41.8 Å². The van der Waals surface area contributed by atoms with E-state index in [1.54, 1.807) is 4.90 Å². The largest absolute Gasteiger partial charge is 0.336 e. The summed E-state index contributed by atoms with van der Waals surface area (Å²) in [6.45, 7) is 5.26. The quantitative estimate of drug-likeness (QED) is 0.818. The lowest BCUT2D eigenvalue weighted by Crippen LogP contribution is -2.55. The number of benzene rings is 1. The molecule has 0 saturated carbocycles. The smallest absolute Gasteiger partial charge is 0.321 e. The van der Waals surface area contributed by atoms with Crippen molar-refractivity contribution >= 4 is 29.0 Å². The van der Waals surface area contributed by atoms with E-state index in [-0.39, 0.29) is 11.9 Å². The van der Waals surface area contributed by atoms with Crippen molar-refractivity contribution in [3.8, 4) is 0 Å². The number of thiophene rings is 1. The maximum Gasteiger partial charge on any atom is 0.321 e. The normalized spacial score (nSPS) is 24.6. The lowest BCUT2D eigenvalue weighted by Gasteiger charge is -2.47. The molecule has 4 heterocycles. The number of hydrogen-bond donors (Lipinski definition) is 1. The number of hydrogen-bond acceptors (Lipinski definition) is 4. The number of likely N-dealkylation sites (tertiary alicyclic amines) is 2. The van der Waals surface area contributed by atoms with E-state index in [1.165, 1.54) is 11.3 Å². The highest BCUT2D eigenvalue weighted by atomic mass is 32.1. The molecule has 7 heteroatoms. The van der Waals surface area contributed by atoms with Crippen molar-refractivity contribution in [3.63, 3.8) is 0 Å². The third-order valence-corrected chi connectivity index (χ3v) is 7.50. The number of nitrogens with one attached hydrogen (secondary N) is 1. The van der Waals surface area contributed by atoms with E-state index in [0.717, 1.165) is 44.7 Å². The zero-order chi connectivity index (χ0) is 20.5. The van der Waals surface area contributed by atoms with Gasteiger partial charge >= 0.3 is 6.03 Å². The predicted octanol–water partition coefficient (Wildman–Crippen LogP) is 3.40. The Hall–Kier alpha value is -2.38. The number of carbonyl (C=O) groups excluding carboxylic acids is 2. The van der Waals surface area contributed by atoms with Gasteiger partial charge in [-0.15, -0.1) is 11.3 Å². The molecule has 0 aliphatic carbocycles. The second kappa shape index (κ2) is 8.40. The SMILES string of the molecule is O=C1NCCN1c1cccc(C(=O)N2CCC[C@@H]3CN(Cc4cccs4)CC[C@H]32)c1. The predicted molar refractivity (Wildman–Crippen MR) is 119 cm³/mol. The summed E-state index contributed by atoms with van der Waals surface area (Å²) < 4.78 is 0. The van der Waals surface area contributed by atoms with Crippen molar-refractivity contribution in [2.75, 3.05) is 37.6 Å². The molecule has 3 saturated heterocycles. The second-order valence-corrected chi connectivity index (χ2v) is 9.54. The molecule has 0 unspecified atom stereocenters. The summed E-state index contributed by atoms with van der Waals surface area (Å²) >= 11 is 1.82. The summed E-state index contributed by atoms with van der Waals surface area (Å²) in [6, 6.07) is 12.1. The molecule has 1 aromatic heterocycles. The molecule has 0 radical (unpaired) electrons. The van der Waals surface area contributed by atoms with Crippen molar-refractivity contribution in [1.82, 2.24) is 15.1 Å². The van der Waals surface area contributed by atoms with Crippen LogP contribution < -0.4 is 10.2 Å². The minimum atomic E-state index is -0.0873. The first-order valence-electron chi connectivity index (χ1n) is 10.9. The average Bonchev–Trinajstić information content (AvgIpc) is 3.44. The van der Waals surface area contributed by atoms with Crippen molar-refractivity contribution < 1.29 is 9.59 Å². The van der Waals surface area contributed by atoms with Crippen LogP contribution in [-0.4, -0.2) is 60.5 Å². The van der Waals surface area contributed by atoms with Gasteiger partial charge in [0.05, 0.1) is 0 Å². The molecule has 0 spiro atoms. The molecule has 1 aromatic carbocycles. The maximum atomic E-state index is 13.4. The fourth-order valence-electron chi connectivity index (χ4n) is 5.19. The van der Waals surface area contributed by atoms with Crippen LogP contribution in [0, 0.1) is 5.92 Å². The third-order valence-electron chi connectivity index (χ3n) is 6.63. The highest BCUT2D eigenvalue weighted by Gasteiger charge is 2.38. The minimum Gasteiger partial charge on any atom is -0.336 e. The summed E-state index contributed by atoms with van der Waals surface area (Å²) in [7, 11) is 0. The van der Waals surface area contributed by atoms with Crippen molar-refractivity contribution in [1.29, 1.82) is 0 Å². The standard InChI is InChI=1S/C23H28N4O2S/c28-22(17-4-1-6-19(14-17)26-12-9-24-23(26)29)27-10-2-5-18-15-25(11-8-21(18)27)16-20-7-3-13-30-20/h1,3-4,6-7,13-14,18,21H,2,5,8-12,15-16H2,(H,24,29)/t18-,21-/m1/s1. The number of piperidine rings is 2. The second-order valence-electron chi connectivity index (χ2n) is 8.51. The summed E-state index contributed by atoms with van der Waals surface area (Å²) in [5.74, 6) is 0.654. The molecule has 3 aliphatic heterocycles.